The molecule has 0 heterocycles. The van der Waals surface area contributed by atoms with Crippen molar-refractivity contribution in [2.24, 2.45) is 17.6 Å². The number of ketones is 2. The van der Waals surface area contributed by atoms with E-state index in [4.69, 9.17) is 10.5 Å². The molecule has 3 aliphatic rings. The maximum atomic E-state index is 14.1. The van der Waals surface area contributed by atoms with Gasteiger partial charge in [-0.25, -0.2) is 0 Å². The molecular formula is C30H33N3O8. The van der Waals surface area contributed by atoms with Crippen LogP contribution in [0.2, 0.25) is 0 Å². The second kappa shape index (κ2) is 9.64. The Bertz CT molecular complexity index is 1560. The molecule has 2 aromatic carbocycles. The van der Waals surface area contributed by atoms with Gasteiger partial charge in [-0.05, 0) is 62.2 Å². The lowest BCUT2D eigenvalue weighted by atomic mass is 9.57. The first-order valence-electron chi connectivity index (χ1n) is 13.1. The minimum atomic E-state index is -2.68. The van der Waals surface area contributed by atoms with E-state index in [1.54, 1.807) is 44.4 Å². The van der Waals surface area contributed by atoms with Crippen LogP contribution >= 0.6 is 0 Å². The number of anilines is 1. The summed E-state index contributed by atoms with van der Waals surface area (Å²) in [5, 5.41) is 46.0. The standard InChI is InChI=1S/C30H33N3O8/c1-32(2)19-12-16(13-6-8-15(41-5)9-7-13)24(34)21-17(19)10-14-11-18-23(33(3)4)26(36)22(29(31)39)28(38)30(18,40)27(37)20(14)25(21)35/h6-9,12,14,18,23,34-35,38,40H,10-11H2,1-5H3,(H2,31,39)/t14-,18-,23-,30+/m1/s1. The van der Waals surface area contributed by atoms with Gasteiger partial charge in [0.25, 0.3) is 5.91 Å². The molecule has 1 saturated carbocycles. The van der Waals surface area contributed by atoms with Crippen LogP contribution in [0, 0.1) is 11.8 Å². The van der Waals surface area contributed by atoms with E-state index < -0.39 is 58.0 Å². The molecule has 11 heteroatoms. The molecule has 0 aromatic heterocycles. The number of aliphatic hydroxyl groups excluding tert-OH is 2. The number of aromatic hydroxyl groups is 1. The van der Waals surface area contributed by atoms with Crippen molar-refractivity contribution in [3.63, 3.8) is 0 Å². The van der Waals surface area contributed by atoms with Crippen molar-refractivity contribution in [2.45, 2.75) is 24.5 Å². The highest BCUT2D eigenvalue weighted by atomic mass is 16.5. The Morgan fingerprint density at radius 2 is 1.71 bits per heavy atom. The Hall–Kier alpha value is -4.35. The predicted molar refractivity (Wildman–Crippen MR) is 151 cm³/mol. The van der Waals surface area contributed by atoms with E-state index >= 15 is 0 Å². The number of phenolic OH excluding ortho intramolecular Hbond substituents is 1. The smallest absolute Gasteiger partial charge is 0.255 e. The number of carbonyl (C=O) groups excluding carboxylic acids is 3. The Morgan fingerprint density at radius 3 is 2.24 bits per heavy atom. The zero-order chi connectivity index (χ0) is 30.1. The lowest BCUT2D eigenvalue weighted by molar-refractivity contribution is -0.153. The van der Waals surface area contributed by atoms with Crippen molar-refractivity contribution >= 4 is 28.9 Å². The lowest BCUT2D eigenvalue weighted by Crippen LogP contribution is -2.65. The molecular weight excluding hydrogens is 530 g/mol. The molecule has 6 N–H and O–H groups in total. The number of hydrogen-bond donors (Lipinski definition) is 5. The van der Waals surface area contributed by atoms with Crippen LogP contribution in [0.3, 0.4) is 0 Å². The fourth-order valence-electron chi connectivity index (χ4n) is 6.68. The highest BCUT2D eigenvalue weighted by Gasteiger charge is 2.64. The second-order valence-corrected chi connectivity index (χ2v) is 11.2. The van der Waals surface area contributed by atoms with Crippen LogP contribution in [-0.4, -0.2) is 89.7 Å². The predicted octanol–water partition coefficient (Wildman–Crippen LogP) is 1.71. The third-order valence-corrected chi connectivity index (χ3v) is 8.58. The number of fused-ring (bicyclic) bond motifs is 3. The molecule has 4 atom stereocenters. The Morgan fingerprint density at radius 1 is 1.07 bits per heavy atom. The average Bonchev–Trinajstić information content (AvgIpc) is 2.90. The van der Waals surface area contributed by atoms with Gasteiger partial charge in [-0.1, -0.05) is 12.1 Å². The molecule has 0 aliphatic heterocycles. The van der Waals surface area contributed by atoms with Gasteiger partial charge in [0.05, 0.1) is 18.7 Å². The molecule has 0 radical (unpaired) electrons. The van der Waals surface area contributed by atoms with Gasteiger partial charge in [-0.2, -0.15) is 0 Å². The van der Waals surface area contributed by atoms with Gasteiger partial charge in [-0.3, -0.25) is 19.3 Å². The number of benzene rings is 2. The van der Waals surface area contributed by atoms with E-state index in [2.05, 4.69) is 0 Å². The Labute approximate surface area is 236 Å². The van der Waals surface area contributed by atoms with Crippen molar-refractivity contribution in [3.05, 3.63) is 58.4 Å². The number of carbonyl (C=O) groups is 3. The molecule has 0 bridgehead atoms. The van der Waals surface area contributed by atoms with Crippen molar-refractivity contribution in [3.8, 4) is 22.6 Å². The maximum absolute atomic E-state index is 14.1. The van der Waals surface area contributed by atoms with Crippen molar-refractivity contribution < 1.29 is 39.5 Å². The number of hydrogen-bond acceptors (Lipinski definition) is 10. The van der Waals surface area contributed by atoms with Crippen LogP contribution < -0.4 is 15.4 Å². The topological polar surface area (TPSA) is 174 Å². The van der Waals surface area contributed by atoms with Gasteiger partial charge in [0.1, 0.15) is 28.6 Å². The number of amides is 1. The van der Waals surface area contributed by atoms with E-state index in [0.717, 1.165) is 0 Å². The molecule has 1 fully saturated rings. The first-order chi connectivity index (χ1) is 19.2. The first-order valence-corrected chi connectivity index (χ1v) is 13.1. The van der Waals surface area contributed by atoms with E-state index in [1.807, 2.05) is 19.0 Å². The molecule has 1 amide bonds. The minimum Gasteiger partial charge on any atom is -0.508 e. The van der Waals surface area contributed by atoms with Crippen LogP contribution in [0.15, 0.2) is 47.2 Å². The van der Waals surface area contributed by atoms with Gasteiger partial charge in [0.15, 0.2) is 11.4 Å². The summed E-state index contributed by atoms with van der Waals surface area (Å²) in [4.78, 5) is 42.8. The normalized spacial score (nSPS) is 25.6. The first kappa shape index (κ1) is 28.2. The summed E-state index contributed by atoms with van der Waals surface area (Å²) >= 11 is 0. The fraction of sp³-hybridized carbons (Fsp3) is 0.367. The molecule has 0 spiro atoms. The third kappa shape index (κ3) is 3.91. The quantitative estimate of drug-likeness (QED) is 0.337. The number of phenols is 1. The molecule has 5 rings (SSSR count). The molecule has 0 saturated heterocycles. The summed E-state index contributed by atoms with van der Waals surface area (Å²) in [6.45, 7) is 0. The number of Topliss-reactive ketones (excluding diaryl/α,β-unsaturated/α-hetero) is 2. The van der Waals surface area contributed by atoms with Gasteiger partial charge < -0.3 is 35.8 Å². The summed E-state index contributed by atoms with van der Waals surface area (Å²) in [7, 11) is 8.31. The molecule has 0 unspecified atom stereocenters. The molecule has 3 aliphatic carbocycles. The van der Waals surface area contributed by atoms with Crippen LogP contribution in [0.4, 0.5) is 5.69 Å². The minimum absolute atomic E-state index is 0.0274. The van der Waals surface area contributed by atoms with Crippen LogP contribution in [-0.2, 0) is 20.8 Å². The number of primary amides is 1. The highest BCUT2D eigenvalue weighted by Crippen LogP contribution is 2.54. The van der Waals surface area contributed by atoms with Crippen LogP contribution in [0.1, 0.15) is 17.5 Å². The van der Waals surface area contributed by atoms with E-state index in [1.165, 1.54) is 12.0 Å². The van der Waals surface area contributed by atoms with E-state index in [9.17, 15) is 34.8 Å². The Balaban J connectivity index is 1.76. The number of methoxy groups -OCH3 is 1. The van der Waals surface area contributed by atoms with Crippen LogP contribution in [0.25, 0.3) is 16.9 Å². The average molecular weight is 564 g/mol. The van der Waals surface area contributed by atoms with E-state index in [0.29, 0.717) is 28.1 Å². The van der Waals surface area contributed by atoms with Gasteiger partial charge in [0, 0.05) is 36.8 Å². The van der Waals surface area contributed by atoms with Gasteiger partial charge in [-0.15, -0.1) is 0 Å². The summed E-state index contributed by atoms with van der Waals surface area (Å²) < 4.78 is 5.23. The number of nitrogens with zero attached hydrogens (tertiary/aromatic N) is 2. The molecule has 2 aromatic rings. The number of ether oxygens (including phenoxy) is 1. The van der Waals surface area contributed by atoms with Crippen molar-refractivity contribution in [1.82, 2.24) is 4.90 Å². The van der Waals surface area contributed by atoms with Crippen LogP contribution in [0.5, 0.6) is 11.5 Å². The number of likely N-dealkylation sites (N-methyl/N-ethyl adjacent to an activating group) is 1. The fourth-order valence-corrected chi connectivity index (χ4v) is 6.68. The largest absolute Gasteiger partial charge is 0.508 e. The van der Waals surface area contributed by atoms with Gasteiger partial charge >= 0.3 is 0 Å². The van der Waals surface area contributed by atoms with Gasteiger partial charge in [0.2, 0.25) is 5.78 Å². The second-order valence-electron chi connectivity index (χ2n) is 11.2. The SMILES string of the molecule is COc1ccc(-c2cc(N(C)C)c3c(c2O)C(O)=C2C(=O)[C@]4(O)C(O)=C(C(N)=O)C(=O)[C@H](N(C)C)[C@H]4C[C@H]2C3)cc1. The van der Waals surface area contributed by atoms with Crippen molar-refractivity contribution in [1.29, 1.82) is 0 Å². The number of aliphatic hydroxyl groups is 3. The Kier molecular flexibility index (Phi) is 6.62. The zero-order valence-electron chi connectivity index (χ0n) is 23.4. The van der Waals surface area contributed by atoms with Crippen molar-refractivity contribution in [2.75, 3.05) is 40.2 Å². The summed E-state index contributed by atoms with van der Waals surface area (Å²) in [6, 6.07) is 7.64. The zero-order valence-corrected chi connectivity index (χ0v) is 23.4. The molecule has 41 heavy (non-hydrogen) atoms. The van der Waals surface area contributed by atoms with E-state index in [-0.39, 0.29) is 29.7 Å². The summed E-state index contributed by atoms with van der Waals surface area (Å²) in [5.41, 5.74) is 4.04. The highest BCUT2D eigenvalue weighted by molar-refractivity contribution is 6.24. The summed E-state index contributed by atoms with van der Waals surface area (Å²) in [6.07, 6.45) is 0.234. The molecule has 11 nitrogen and oxygen atoms in total. The number of nitrogens with two attached hydrogens (primary N) is 1. The lowest BCUT2D eigenvalue weighted by Gasteiger charge is -2.50. The maximum Gasteiger partial charge on any atom is 0.255 e. The molecule has 216 valence electrons. The third-order valence-electron chi connectivity index (χ3n) is 8.58. The number of rotatable bonds is 5. The summed E-state index contributed by atoms with van der Waals surface area (Å²) in [5.74, 6) is -6.16. The monoisotopic (exact) mass is 563 g/mol.